The third kappa shape index (κ3) is 3.18. The maximum Gasteiger partial charge on any atom is 0.266 e. The topological polar surface area (TPSA) is 58.6 Å². The number of ether oxygens (including phenoxy) is 1. The van der Waals surface area contributed by atoms with Gasteiger partial charge in [-0.05, 0) is 43.2 Å². The predicted molar refractivity (Wildman–Crippen MR) is 107 cm³/mol. The smallest absolute Gasteiger partial charge is 0.266 e. The molecule has 0 fully saturated rings. The molecule has 0 aliphatic carbocycles. The lowest BCUT2D eigenvalue weighted by atomic mass is 10.1. The quantitative estimate of drug-likeness (QED) is 0.717. The van der Waals surface area contributed by atoms with Crippen molar-refractivity contribution in [2.75, 3.05) is 36.5 Å². The Morgan fingerprint density at radius 1 is 1.00 bits per heavy atom. The van der Waals surface area contributed by atoms with Crippen molar-refractivity contribution in [3.63, 3.8) is 0 Å². The SMILES string of the molecule is Cc1cccc(OCC(=O)N2CCN(C)c3nc4ccccc4nc32)c1C. The molecule has 6 heteroatoms. The molecule has 1 amide bonds. The van der Waals surface area contributed by atoms with Gasteiger partial charge in [0.25, 0.3) is 5.91 Å². The molecule has 1 aromatic heterocycles. The normalized spacial score (nSPS) is 13.6. The van der Waals surface area contributed by atoms with Crippen molar-refractivity contribution >= 4 is 28.6 Å². The molecular formula is C21H22N4O2. The van der Waals surface area contributed by atoms with Gasteiger partial charge in [-0.25, -0.2) is 9.97 Å². The maximum absolute atomic E-state index is 12.9. The maximum atomic E-state index is 12.9. The van der Waals surface area contributed by atoms with Crippen molar-refractivity contribution < 1.29 is 9.53 Å². The number of carbonyl (C=O) groups is 1. The van der Waals surface area contributed by atoms with Crippen LogP contribution in [0.2, 0.25) is 0 Å². The number of rotatable bonds is 3. The fourth-order valence-corrected chi connectivity index (χ4v) is 3.22. The van der Waals surface area contributed by atoms with E-state index in [1.807, 2.05) is 68.3 Å². The number of carbonyl (C=O) groups excluding carboxylic acids is 1. The third-order valence-electron chi connectivity index (χ3n) is 5.02. The monoisotopic (exact) mass is 362 g/mol. The van der Waals surface area contributed by atoms with E-state index in [1.165, 1.54) is 0 Å². The number of hydrogen-bond acceptors (Lipinski definition) is 5. The number of hydrogen-bond donors (Lipinski definition) is 0. The van der Waals surface area contributed by atoms with E-state index >= 15 is 0 Å². The summed E-state index contributed by atoms with van der Waals surface area (Å²) < 4.78 is 5.81. The highest BCUT2D eigenvalue weighted by Gasteiger charge is 2.28. The standard InChI is InChI=1S/C21H22N4O2/c1-14-7-6-10-18(15(14)2)27-13-19(26)25-12-11-24(3)20-21(25)23-17-9-5-4-8-16(17)22-20/h4-10H,11-13H2,1-3H3. The number of fused-ring (bicyclic) bond motifs is 2. The summed E-state index contributed by atoms with van der Waals surface area (Å²) in [7, 11) is 1.97. The number of aryl methyl sites for hydroxylation is 1. The van der Waals surface area contributed by atoms with Gasteiger partial charge in [0.15, 0.2) is 18.2 Å². The molecule has 4 rings (SSSR count). The predicted octanol–water partition coefficient (Wildman–Crippen LogP) is 3.11. The summed E-state index contributed by atoms with van der Waals surface area (Å²) in [5, 5.41) is 0. The van der Waals surface area contributed by atoms with Crippen LogP contribution in [0.25, 0.3) is 11.0 Å². The summed E-state index contributed by atoms with van der Waals surface area (Å²) in [5.74, 6) is 1.94. The zero-order chi connectivity index (χ0) is 19.0. The van der Waals surface area contributed by atoms with E-state index in [0.717, 1.165) is 33.7 Å². The first kappa shape index (κ1) is 17.3. The van der Waals surface area contributed by atoms with Crippen LogP contribution in [0.15, 0.2) is 42.5 Å². The van der Waals surface area contributed by atoms with Crippen molar-refractivity contribution in [3.8, 4) is 5.75 Å². The van der Waals surface area contributed by atoms with Crippen molar-refractivity contribution in [2.45, 2.75) is 13.8 Å². The molecule has 1 aliphatic rings. The van der Waals surface area contributed by atoms with Crippen molar-refractivity contribution in [2.24, 2.45) is 0 Å². The number of aromatic nitrogens is 2. The van der Waals surface area contributed by atoms with E-state index in [1.54, 1.807) is 4.90 Å². The Labute approximate surface area is 158 Å². The number of nitrogens with zero attached hydrogens (tertiary/aromatic N) is 4. The van der Waals surface area contributed by atoms with Gasteiger partial charge in [0.1, 0.15) is 5.75 Å². The van der Waals surface area contributed by atoms with Gasteiger partial charge < -0.3 is 9.64 Å². The Bertz CT molecular complexity index is 1020. The van der Waals surface area contributed by atoms with Gasteiger partial charge in [-0.3, -0.25) is 9.69 Å². The zero-order valence-electron chi connectivity index (χ0n) is 15.8. The molecule has 1 aliphatic heterocycles. The summed E-state index contributed by atoms with van der Waals surface area (Å²) in [5.41, 5.74) is 3.79. The van der Waals surface area contributed by atoms with E-state index in [4.69, 9.17) is 14.7 Å². The highest BCUT2D eigenvalue weighted by molar-refractivity contribution is 5.98. The average molecular weight is 362 g/mol. The first-order valence-corrected chi connectivity index (χ1v) is 9.02. The Kier molecular flexibility index (Phi) is 4.39. The molecule has 0 saturated carbocycles. The van der Waals surface area contributed by atoms with E-state index in [9.17, 15) is 4.79 Å². The Morgan fingerprint density at radius 3 is 2.44 bits per heavy atom. The van der Waals surface area contributed by atoms with E-state index in [2.05, 4.69) is 0 Å². The average Bonchev–Trinajstić information content (AvgIpc) is 2.68. The molecule has 0 radical (unpaired) electrons. The van der Waals surface area contributed by atoms with Crippen LogP contribution in [-0.2, 0) is 4.79 Å². The van der Waals surface area contributed by atoms with Gasteiger partial charge in [0, 0.05) is 20.1 Å². The summed E-state index contributed by atoms with van der Waals surface area (Å²) in [4.78, 5) is 26.0. The summed E-state index contributed by atoms with van der Waals surface area (Å²) in [6.07, 6.45) is 0. The van der Waals surface area contributed by atoms with E-state index < -0.39 is 0 Å². The van der Waals surface area contributed by atoms with Gasteiger partial charge in [-0.1, -0.05) is 24.3 Å². The number of amides is 1. The molecule has 0 spiro atoms. The number of likely N-dealkylation sites (N-methyl/N-ethyl adjacent to an activating group) is 1. The zero-order valence-corrected chi connectivity index (χ0v) is 15.8. The number of para-hydroxylation sites is 2. The van der Waals surface area contributed by atoms with Crippen LogP contribution in [0.3, 0.4) is 0 Å². The highest BCUT2D eigenvalue weighted by Crippen LogP contribution is 2.30. The molecular weight excluding hydrogens is 340 g/mol. The molecule has 2 heterocycles. The van der Waals surface area contributed by atoms with Crippen molar-refractivity contribution in [1.29, 1.82) is 0 Å². The van der Waals surface area contributed by atoms with Crippen molar-refractivity contribution in [3.05, 3.63) is 53.6 Å². The van der Waals surface area contributed by atoms with Crippen LogP contribution < -0.4 is 14.5 Å². The molecule has 0 atom stereocenters. The largest absolute Gasteiger partial charge is 0.483 e. The van der Waals surface area contributed by atoms with Gasteiger partial charge in [0.05, 0.1) is 11.0 Å². The van der Waals surface area contributed by atoms with Gasteiger partial charge in [-0.2, -0.15) is 0 Å². The Morgan fingerprint density at radius 2 is 1.70 bits per heavy atom. The lowest BCUT2D eigenvalue weighted by Gasteiger charge is -2.33. The second-order valence-electron chi connectivity index (χ2n) is 6.81. The van der Waals surface area contributed by atoms with Crippen LogP contribution in [0.1, 0.15) is 11.1 Å². The molecule has 2 aromatic carbocycles. The van der Waals surface area contributed by atoms with Crippen LogP contribution in [0.4, 0.5) is 11.6 Å². The van der Waals surface area contributed by atoms with Crippen LogP contribution in [0, 0.1) is 13.8 Å². The minimum absolute atomic E-state index is 0.0258. The fraction of sp³-hybridized carbons (Fsp3) is 0.286. The van der Waals surface area contributed by atoms with Gasteiger partial charge >= 0.3 is 0 Å². The first-order chi connectivity index (χ1) is 13.0. The second-order valence-corrected chi connectivity index (χ2v) is 6.81. The number of benzene rings is 2. The van der Waals surface area contributed by atoms with E-state index in [-0.39, 0.29) is 12.5 Å². The summed E-state index contributed by atoms with van der Waals surface area (Å²) >= 11 is 0. The Hall–Kier alpha value is -3.15. The van der Waals surface area contributed by atoms with E-state index in [0.29, 0.717) is 18.9 Å². The fourth-order valence-electron chi connectivity index (χ4n) is 3.22. The molecule has 27 heavy (non-hydrogen) atoms. The lowest BCUT2D eigenvalue weighted by Crippen LogP contribution is -2.45. The molecule has 0 saturated heterocycles. The molecule has 0 N–H and O–H groups in total. The number of anilines is 2. The second kappa shape index (κ2) is 6.87. The summed E-state index contributed by atoms with van der Waals surface area (Å²) in [6, 6.07) is 13.6. The van der Waals surface area contributed by atoms with Crippen LogP contribution >= 0.6 is 0 Å². The molecule has 138 valence electrons. The molecule has 6 nitrogen and oxygen atoms in total. The van der Waals surface area contributed by atoms with Crippen molar-refractivity contribution in [1.82, 2.24) is 9.97 Å². The molecule has 0 bridgehead atoms. The minimum Gasteiger partial charge on any atom is -0.483 e. The Balaban J connectivity index is 1.61. The van der Waals surface area contributed by atoms with Gasteiger partial charge in [0.2, 0.25) is 0 Å². The van der Waals surface area contributed by atoms with Crippen LogP contribution in [0.5, 0.6) is 5.75 Å². The molecule has 3 aromatic rings. The third-order valence-corrected chi connectivity index (χ3v) is 5.02. The first-order valence-electron chi connectivity index (χ1n) is 9.02. The minimum atomic E-state index is -0.116. The van der Waals surface area contributed by atoms with Gasteiger partial charge in [-0.15, -0.1) is 0 Å². The highest BCUT2D eigenvalue weighted by atomic mass is 16.5. The summed E-state index contributed by atoms with van der Waals surface area (Å²) in [6.45, 7) is 5.27. The molecule has 0 unspecified atom stereocenters. The van der Waals surface area contributed by atoms with Crippen LogP contribution in [-0.4, -0.2) is 42.6 Å². The lowest BCUT2D eigenvalue weighted by molar-refractivity contribution is -0.120.